The number of fused-ring (bicyclic) bond motifs is 1. The number of carbonyl (C=O) groups is 2. The smallest absolute Gasteiger partial charge is 0.306 e. The maximum atomic E-state index is 12.3. The van der Waals surface area contributed by atoms with Crippen molar-refractivity contribution in [2.75, 3.05) is 0 Å². The molecule has 1 heterocycles. The first-order chi connectivity index (χ1) is 10.5. The van der Waals surface area contributed by atoms with E-state index in [2.05, 4.69) is 10.3 Å². The fourth-order valence-electron chi connectivity index (χ4n) is 3.34. The molecule has 1 aliphatic rings. The number of aromatic nitrogens is 1. The largest absolute Gasteiger partial charge is 0.481 e. The minimum Gasteiger partial charge on any atom is -0.481 e. The minimum atomic E-state index is -0.760. The van der Waals surface area contributed by atoms with Crippen LogP contribution in [0, 0.1) is 12.8 Å². The van der Waals surface area contributed by atoms with E-state index < -0.39 is 5.97 Å². The lowest BCUT2D eigenvalue weighted by molar-refractivity contribution is -0.141. The number of hydrogen-bond acceptors (Lipinski definition) is 2. The quantitative estimate of drug-likeness (QED) is 0.811. The van der Waals surface area contributed by atoms with Crippen molar-refractivity contribution in [3.63, 3.8) is 0 Å². The van der Waals surface area contributed by atoms with Gasteiger partial charge < -0.3 is 15.4 Å². The number of hydrogen-bond donors (Lipinski definition) is 3. The molecule has 0 unspecified atom stereocenters. The first kappa shape index (κ1) is 14.6. The Morgan fingerprint density at radius 1 is 1.32 bits per heavy atom. The number of aliphatic carboxylic acids is 1. The topological polar surface area (TPSA) is 82.2 Å². The molecule has 1 aliphatic carbocycles. The van der Waals surface area contributed by atoms with Gasteiger partial charge in [-0.05, 0) is 37.8 Å². The van der Waals surface area contributed by atoms with Gasteiger partial charge in [0.05, 0.1) is 12.3 Å². The number of benzene rings is 1. The van der Waals surface area contributed by atoms with E-state index in [0.29, 0.717) is 19.3 Å². The molecular weight excluding hydrogens is 280 g/mol. The second-order valence-corrected chi connectivity index (χ2v) is 6.06. The Kier molecular flexibility index (Phi) is 3.88. The van der Waals surface area contributed by atoms with Crippen molar-refractivity contribution < 1.29 is 14.7 Å². The number of para-hydroxylation sites is 1. The molecule has 5 heteroatoms. The van der Waals surface area contributed by atoms with Crippen molar-refractivity contribution in [1.82, 2.24) is 10.3 Å². The first-order valence-corrected chi connectivity index (χ1v) is 7.63. The summed E-state index contributed by atoms with van der Waals surface area (Å²) in [4.78, 5) is 26.5. The number of amides is 1. The van der Waals surface area contributed by atoms with E-state index in [1.807, 2.05) is 31.2 Å². The van der Waals surface area contributed by atoms with E-state index in [1.165, 1.54) is 0 Å². The van der Waals surface area contributed by atoms with Gasteiger partial charge in [0.25, 0.3) is 0 Å². The number of rotatable bonds is 4. The molecule has 5 nitrogen and oxygen atoms in total. The molecule has 1 fully saturated rings. The summed E-state index contributed by atoms with van der Waals surface area (Å²) in [6.45, 7) is 1.97. The summed E-state index contributed by atoms with van der Waals surface area (Å²) in [7, 11) is 0. The Bertz CT molecular complexity index is 720. The maximum absolute atomic E-state index is 12.3. The molecule has 2 atom stereocenters. The van der Waals surface area contributed by atoms with Crippen LogP contribution in [0.1, 0.15) is 30.5 Å². The van der Waals surface area contributed by atoms with E-state index in [1.54, 1.807) is 0 Å². The fourth-order valence-corrected chi connectivity index (χ4v) is 3.34. The third kappa shape index (κ3) is 2.84. The van der Waals surface area contributed by atoms with Crippen molar-refractivity contribution in [1.29, 1.82) is 0 Å². The van der Waals surface area contributed by atoms with E-state index in [4.69, 9.17) is 5.11 Å². The van der Waals surface area contributed by atoms with Crippen LogP contribution in [0.3, 0.4) is 0 Å². The highest BCUT2D eigenvalue weighted by molar-refractivity contribution is 5.90. The summed E-state index contributed by atoms with van der Waals surface area (Å²) in [5.41, 5.74) is 3.06. The number of aryl methyl sites for hydroxylation is 1. The van der Waals surface area contributed by atoms with Crippen molar-refractivity contribution in [2.45, 2.75) is 38.6 Å². The zero-order valence-corrected chi connectivity index (χ0v) is 12.6. The second kappa shape index (κ2) is 5.83. The van der Waals surface area contributed by atoms with Gasteiger partial charge in [0, 0.05) is 22.6 Å². The van der Waals surface area contributed by atoms with E-state index in [-0.39, 0.29) is 17.9 Å². The molecule has 1 aromatic heterocycles. The summed E-state index contributed by atoms with van der Waals surface area (Å²) in [5, 5.41) is 13.1. The van der Waals surface area contributed by atoms with Gasteiger partial charge in [-0.2, -0.15) is 0 Å². The average molecular weight is 300 g/mol. The lowest BCUT2D eigenvalue weighted by Gasteiger charge is -2.12. The van der Waals surface area contributed by atoms with Crippen LogP contribution in [0.4, 0.5) is 0 Å². The lowest BCUT2D eigenvalue weighted by atomic mass is 10.1. The Hall–Kier alpha value is -2.30. The van der Waals surface area contributed by atoms with Crippen molar-refractivity contribution in [2.24, 2.45) is 5.92 Å². The van der Waals surface area contributed by atoms with Gasteiger partial charge in [-0.3, -0.25) is 9.59 Å². The fraction of sp³-hybridized carbons (Fsp3) is 0.412. The van der Waals surface area contributed by atoms with Crippen LogP contribution in [0.15, 0.2) is 24.3 Å². The Labute approximate surface area is 128 Å². The molecule has 2 aromatic rings. The average Bonchev–Trinajstić information content (AvgIpc) is 3.05. The van der Waals surface area contributed by atoms with Gasteiger partial charge in [0.1, 0.15) is 0 Å². The first-order valence-electron chi connectivity index (χ1n) is 7.63. The summed E-state index contributed by atoms with van der Waals surface area (Å²) in [5.74, 6) is -1.12. The number of nitrogens with one attached hydrogen (secondary N) is 2. The summed E-state index contributed by atoms with van der Waals surface area (Å²) in [6.07, 6.45) is 2.25. The summed E-state index contributed by atoms with van der Waals surface area (Å²) < 4.78 is 0. The Morgan fingerprint density at radius 2 is 2.09 bits per heavy atom. The number of carboxylic acid groups (broad SMARTS) is 1. The zero-order chi connectivity index (χ0) is 15.7. The van der Waals surface area contributed by atoms with Crippen LogP contribution < -0.4 is 5.32 Å². The highest BCUT2D eigenvalue weighted by Crippen LogP contribution is 2.26. The predicted molar refractivity (Wildman–Crippen MR) is 83.6 cm³/mol. The van der Waals surface area contributed by atoms with Crippen LogP contribution in [0.5, 0.6) is 0 Å². The number of aromatic amines is 1. The SMILES string of the molecule is Cc1[nH]c2ccccc2c1CC(=O)N[C@H]1CC[C@@H](C(=O)O)C1. The highest BCUT2D eigenvalue weighted by atomic mass is 16.4. The molecule has 3 rings (SSSR count). The molecule has 0 radical (unpaired) electrons. The molecule has 1 aromatic carbocycles. The predicted octanol–water partition coefficient (Wildman–Crippen LogP) is 2.39. The van der Waals surface area contributed by atoms with Crippen LogP contribution in [0.2, 0.25) is 0 Å². The van der Waals surface area contributed by atoms with Crippen molar-refractivity contribution >= 4 is 22.8 Å². The van der Waals surface area contributed by atoms with Crippen molar-refractivity contribution in [3.05, 3.63) is 35.5 Å². The molecule has 1 saturated carbocycles. The minimum absolute atomic E-state index is 0.0147. The van der Waals surface area contributed by atoms with Crippen LogP contribution in [-0.2, 0) is 16.0 Å². The molecule has 0 bridgehead atoms. The van der Waals surface area contributed by atoms with Crippen LogP contribution >= 0.6 is 0 Å². The second-order valence-electron chi connectivity index (χ2n) is 6.06. The Morgan fingerprint density at radius 3 is 2.82 bits per heavy atom. The number of H-pyrrole nitrogens is 1. The summed E-state index contributed by atoms with van der Waals surface area (Å²) in [6, 6.07) is 7.92. The van der Waals surface area contributed by atoms with E-state index >= 15 is 0 Å². The number of carboxylic acids is 1. The van der Waals surface area contributed by atoms with Gasteiger partial charge in [0.2, 0.25) is 5.91 Å². The van der Waals surface area contributed by atoms with Crippen LogP contribution in [-0.4, -0.2) is 28.0 Å². The van der Waals surface area contributed by atoms with E-state index in [9.17, 15) is 9.59 Å². The molecule has 116 valence electrons. The third-order valence-corrected chi connectivity index (χ3v) is 4.51. The maximum Gasteiger partial charge on any atom is 0.306 e. The van der Waals surface area contributed by atoms with Gasteiger partial charge in [-0.15, -0.1) is 0 Å². The molecular formula is C17H20N2O3. The monoisotopic (exact) mass is 300 g/mol. The third-order valence-electron chi connectivity index (χ3n) is 4.51. The highest BCUT2D eigenvalue weighted by Gasteiger charge is 2.30. The molecule has 0 saturated heterocycles. The zero-order valence-electron chi connectivity index (χ0n) is 12.6. The standard InChI is InChI=1S/C17H20N2O3/c1-10-14(13-4-2-3-5-15(13)18-10)9-16(20)19-12-7-6-11(8-12)17(21)22/h2-5,11-12,18H,6-9H2,1H3,(H,19,20)(H,21,22)/t11-,12+/m1/s1. The van der Waals surface area contributed by atoms with Gasteiger partial charge in [-0.1, -0.05) is 18.2 Å². The normalized spacial score (nSPS) is 21.1. The van der Waals surface area contributed by atoms with Gasteiger partial charge in [-0.25, -0.2) is 0 Å². The molecule has 0 aliphatic heterocycles. The lowest BCUT2D eigenvalue weighted by Crippen LogP contribution is -2.34. The summed E-state index contributed by atoms with van der Waals surface area (Å²) >= 11 is 0. The molecule has 3 N–H and O–H groups in total. The Balaban J connectivity index is 1.67. The van der Waals surface area contributed by atoms with Gasteiger partial charge >= 0.3 is 5.97 Å². The van der Waals surface area contributed by atoms with E-state index in [0.717, 1.165) is 28.6 Å². The van der Waals surface area contributed by atoms with Crippen LogP contribution in [0.25, 0.3) is 10.9 Å². The van der Waals surface area contributed by atoms with Gasteiger partial charge in [0.15, 0.2) is 0 Å². The number of carbonyl (C=O) groups excluding carboxylic acids is 1. The van der Waals surface area contributed by atoms with Crippen molar-refractivity contribution in [3.8, 4) is 0 Å². The molecule has 22 heavy (non-hydrogen) atoms. The molecule has 1 amide bonds. The molecule has 0 spiro atoms.